The van der Waals surface area contributed by atoms with Crippen molar-refractivity contribution in [1.82, 2.24) is 10.6 Å². The molecule has 0 radical (unpaired) electrons. The predicted molar refractivity (Wildman–Crippen MR) is 74.4 cm³/mol. The lowest BCUT2D eigenvalue weighted by Gasteiger charge is -2.21. The number of hydrogen-bond acceptors (Lipinski definition) is 2. The zero-order valence-corrected chi connectivity index (χ0v) is 11.7. The fourth-order valence-corrected chi connectivity index (χ4v) is 3.01. The van der Waals surface area contributed by atoms with Crippen molar-refractivity contribution in [2.75, 3.05) is 13.1 Å². The van der Waals surface area contributed by atoms with E-state index in [-0.39, 0.29) is 5.91 Å². The molecule has 0 aliphatic heterocycles. The number of carbonyl (C=O) groups excluding carboxylic acids is 1. The molecular formula is C15H28N2O. The number of amides is 1. The molecule has 2 unspecified atom stereocenters. The van der Waals surface area contributed by atoms with Gasteiger partial charge in [0.1, 0.15) is 0 Å². The highest BCUT2D eigenvalue weighted by atomic mass is 16.1. The lowest BCUT2D eigenvalue weighted by atomic mass is 9.97. The van der Waals surface area contributed by atoms with Crippen LogP contribution in [-0.2, 0) is 4.79 Å². The molecule has 2 aliphatic carbocycles. The molecule has 18 heavy (non-hydrogen) atoms. The fourth-order valence-electron chi connectivity index (χ4n) is 3.01. The van der Waals surface area contributed by atoms with E-state index in [0.717, 1.165) is 18.4 Å². The molecule has 0 aromatic carbocycles. The van der Waals surface area contributed by atoms with Gasteiger partial charge in [-0.3, -0.25) is 4.79 Å². The molecule has 2 saturated carbocycles. The van der Waals surface area contributed by atoms with E-state index < -0.39 is 0 Å². The normalized spacial score (nSPS) is 27.4. The van der Waals surface area contributed by atoms with E-state index in [4.69, 9.17) is 0 Å². The van der Waals surface area contributed by atoms with Crippen LogP contribution in [0.1, 0.15) is 58.3 Å². The van der Waals surface area contributed by atoms with Crippen LogP contribution in [0.15, 0.2) is 0 Å². The van der Waals surface area contributed by atoms with Gasteiger partial charge in [-0.15, -0.1) is 0 Å². The predicted octanol–water partition coefficient (Wildman–Crippen LogP) is 2.46. The molecule has 2 aliphatic rings. The second kappa shape index (κ2) is 7.13. The Labute approximate surface area is 111 Å². The number of carbonyl (C=O) groups is 1. The van der Waals surface area contributed by atoms with Crippen LogP contribution in [0.3, 0.4) is 0 Å². The van der Waals surface area contributed by atoms with Gasteiger partial charge in [-0.25, -0.2) is 0 Å². The van der Waals surface area contributed by atoms with Crippen LogP contribution in [0.4, 0.5) is 0 Å². The van der Waals surface area contributed by atoms with Crippen molar-refractivity contribution >= 4 is 5.91 Å². The maximum Gasteiger partial charge on any atom is 0.234 e. The summed E-state index contributed by atoms with van der Waals surface area (Å²) in [5.74, 6) is 1.78. The number of nitrogens with one attached hydrogen (secondary N) is 2. The average molecular weight is 252 g/mol. The summed E-state index contributed by atoms with van der Waals surface area (Å²) >= 11 is 0. The molecule has 3 heteroatoms. The maximum atomic E-state index is 11.8. The quantitative estimate of drug-likeness (QED) is 0.697. The molecule has 0 heterocycles. The van der Waals surface area contributed by atoms with Gasteiger partial charge in [0, 0.05) is 6.04 Å². The van der Waals surface area contributed by atoms with E-state index in [9.17, 15) is 4.79 Å². The topological polar surface area (TPSA) is 41.1 Å². The van der Waals surface area contributed by atoms with Gasteiger partial charge in [-0.05, 0) is 50.5 Å². The molecule has 0 saturated heterocycles. The Morgan fingerprint density at radius 2 is 2.06 bits per heavy atom. The number of hydrogen-bond donors (Lipinski definition) is 2. The summed E-state index contributed by atoms with van der Waals surface area (Å²) in [7, 11) is 0. The summed E-state index contributed by atoms with van der Waals surface area (Å²) in [5, 5.41) is 6.50. The van der Waals surface area contributed by atoms with Gasteiger partial charge < -0.3 is 10.6 Å². The molecule has 2 N–H and O–H groups in total. The summed E-state index contributed by atoms with van der Waals surface area (Å²) < 4.78 is 0. The van der Waals surface area contributed by atoms with Crippen LogP contribution in [-0.4, -0.2) is 25.0 Å². The monoisotopic (exact) mass is 252 g/mol. The molecular weight excluding hydrogens is 224 g/mol. The molecule has 3 nitrogen and oxygen atoms in total. The van der Waals surface area contributed by atoms with E-state index in [0.29, 0.717) is 12.6 Å². The third-order valence-electron chi connectivity index (χ3n) is 4.35. The summed E-state index contributed by atoms with van der Waals surface area (Å²) in [6.07, 6.45) is 10.3. The molecule has 2 rings (SSSR count). The molecule has 1 amide bonds. The Bertz CT molecular complexity index is 263. The van der Waals surface area contributed by atoms with E-state index in [1.807, 2.05) is 0 Å². The first kappa shape index (κ1) is 13.9. The van der Waals surface area contributed by atoms with Crippen LogP contribution >= 0.6 is 0 Å². The summed E-state index contributed by atoms with van der Waals surface area (Å²) in [6.45, 7) is 3.77. The Balaban J connectivity index is 1.61. The van der Waals surface area contributed by atoms with E-state index >= 15 is 0 Å². The first-order valence-corrected chi connectivity index (χ1v) is 7.79. The van der Waals surface area contributed by atoms with Crippen molar-refractivity contribution in [1.29, 1.82) is 0 Å². The number of unbranched alkanes of at least 4 members (excludes halogenated alkanes) is 1. The summed E-state index contributed by atoms with van der Waals surface area (Å²) in [4.78, 5) is 11.8. The van der Waals surface area contributed by atoms with E-state index in [1.165, 1.54) is 51.4 Å². The van der Waals surface area contributed by atoms with Crippen LogP contribution in [0.5, 0.6) is 0 Å². The molecule has 2 atom stereocenters. The van der Waals surface area contributed by atoms with Crippen molar-refractivity contribution in [2.24, 2.45) is 11.8 Å². The smallest absolute Gasteiger partial charge is 0.234 e. The van der Waals surface area contributed by atoms with Gasteiger partial charge in [0.2, 0.25) is 5.91 Å². The van der Waals surface area contributed by atoms with Crippen molar-refractivity contribution in [2.45, 2.75) is 64.3 Å². The van der Waals surface area contributed by atoms with Crippen molar-refractivity contribution in [3.8, 4) is 0 Å². The lowest BCUT2D eigenvalue weighted by molar-refractivity contribution is -0.121. The Hall–Kier alpha value is -0.570. The highest BCUT2D eigenvalue weighted by Crippen LogP contribution is 2.30. The molecule has 0 bridgehead atoms. The standard InChI is InChI=1S/C15H28N2O/c1-2-3-5-13-6-4-7-14(13)17-15(18)11-16-10-12-8-9-12/h12-14,16H,2-11H2,1H3,(H,17,18). The van der Waals surface area contributed by atoms with Gasteiger partial charge in [-0.2, -0.15) is 0 Å². The summed E-state index contributed by atoms with van der Waals surface area (Å²) in [6, 6.07) is 0.451. The third-order valence-corrected chi connectivity index (χ3v) is 4.35. The minimum Gasteiger partial charge on any atom is -0.352 e. The van der Waals surface area contributed by atoms with Gasteiger partial charge >= 0.3 is 0 Å². The Morgan fingerprint density at radius 3 is 2.78 bits per heavy atom. The Morgan fingerprint density at radius 1 is 1.22 bits per heavy atom. The minimum atomic E-state index is 0.198. The maximum absolute atomic E-state index is 11.8. The van der Waals surface area contributed by atoms with Crippen molar-refractivity contribution in [3.63, 3.8) is 0 Å². The van der Waals surface area contributed by atoms with Gasteiger partial charge in [0.25, 0.3) is 0 Å². The van der Waals surface area contributed by atoms with Crippen molar-refractivity contribution in [3.05, 3.63) is 0 Å². The van der Waals surface area contributed by atoms with Gasteiger partial charge in [-0.1, -0.05) is 26.2 Å². The minimum absolute atomic E-state index is 0.198. The van der Waals surface area contributed by atoms with Crippen molar-refractivity contribution < 1.29 is 4.79 Å². The van der Waals surface area contributed by atoms with Crippen LogP contribution in [0.25, 0.3) is 0 Å². The molecule has 0 aromatic heterocycles. The largest absolute Gasteiger partial charge is 0.352 e. The lowest BCUT2D eigenvalue weighted by Crippen LogP contribution is -2.42. The Kier molecular flexibility index (Phi) is 5.48. The SMILES string of the molecule is CCCCC1CCCC1NC(=O)CNCC1CC1. The molecule has 2 fully saturated rings. The highest BCUT2D eigenvalue weighted by Gasteiger charge is 2.28. The second-order valence-corrected chi connectivity index (χ2v) is 6.08. The number of rotatable bonds is 8. The first-order valence-electron chi connectivity index (χ1n) is 7.79. The van der Waals surface area contributed by atoms with Crippen LogP contribution < -0.4 is 10.6 Å². The highest BCUT2D eigenvalue weighted by molar-refractivity contribution is 5.78. The molecule has 0 spiro atoms. The van der Waals surface area contributed by atoms with Crippen LogP contribution in [0, 0.1) is 11.8 Å². The van der Waals surface area contributed by atoms with E-state index in [1.54, 1.807) is 0 Å². The second-order valence-electron chi connectivity index (χ2n) is 6.08. The summed E-state index contributed by atoms with van der Waals surface area (Å²) in [5.41, 5.74) is 0. The van der Waals surface area contributed by atoms with Gasteiger partial charge in [0.05, 0.1) is 6.54 Å². The average Bonchev–Trinajstić information content (AvgIpc) is 3.07. The zero-order valence-electron chi connectivity index (χ0n) is 11.7. The third kappa shape index (κ3) is 4.60. The van der Waals surface area contributed by atoms with Gasteiger partial charge in [0.15, 0.2) is 0 Å². The van der Waals surface area contributed by atoms with Crippen LogP contribution in [0.2, 0.25) is 0 Å². The molecule has 104 valence electrons. The molecule has 0 aromatic rings. The fraction of sp³-hybridized carbons (Fsp3) is 0.933. The van der Waals surface area contributed by atoms with E-state index in [2.05, 4.69) is 17.6 Å². The zero-order chi connectivity index (χ0) is 12.8. The first-order chi connectivity index (χ1) is 8.79.